The number of nitrogens with zero attached hydrogens (tertiary/aromatic N) is 3. The van der Waals surface area contributed by atoms with Gasteiger partial charge in [0.25, 0.3) is 5.91 Å². The highest BCUT2D eigenvalue weighted by atomic mass is 16.5. The number of hydrogen-bond acceptors (Lipinski definition) is 4. The summed E-state index contributed by atoms with van der Waals surface area (Å²) < 4.78 is 7.10. The average molecular weight is 310 g/mol. The number of aromatic nitrogens is 3. The van der Waals surface area contributed by atoms with E-state index in [0.717, 1.165) is 24.2 Å². The number of aryl methyl sites for hydroxylation is 1. The summed E-state index contributed by atoms with van der Waals surface area (Å²) in [6.07, 6.45) is 2.93. The number of rotatable bonds is 6. The Bertz CT molecular complexity index is 777. The average Bonchev–Trinajstić information content (AvgIpc) is 3.23. The lowest BCUT2D eigenvalue weighted by Crippen LogP contribution is -2.23. The van der Waals surface area contributed by atoms with Gasteiger partial charge in [0.1, 0.15) is 0 Å². The third kappa shape index (κ3) is 3.66. The minimum Gasteiger partial charge on any atom is -0.355 e. The van der Waals surface area contributed by atoms with Crippen LogP contribution in [0.1, 0.15) is 29.5 Å². The van der Waals surface area contributed by atoms with Gasteiger partial charge in [-0.2, -0.15) is 5.10 Å². The molecule has 6 heteroatoms. The molecule has 3 aromatic rings. The molecule has 23 heavy (non-hydrogen) atoms. The number of amides is 1. The first-order valence-corrected chi connectivity index (χ1v) is 7.59. The number of hydrogen-bond donors (Lipinski definition) is 1. The second-order valence-corrected chi connectivity index (χ2v) is 5.20. The molecule has 0 spiro atoms. The van der Waals surface area contributed by atoms with E-state index < -0.39 is 0 Å². The summed E-state index contributed by atoms with van der Waals surface area (Å²) in [6.45, 7) is 3.33. The molecule has 3 rings (SSSR count). The molecular formula is C17H18N4O2. The van der Waals surface area contributed by atoms with Crippen molar-refractivity contribution in [2.75, 3.05) is 0 Å². The van der Waals surface area contributed by atoms with Crippen LogP contribution in [0.4, 0.5) is 0 Å². The van der Waals surface area contributed by atoms with Crippen LogP contribution in [0, 0.1) is 0 Å². The van der Waals surface area contributed by atoms with E-state index in [9.17, 15) is 4.79 Å². The van der Waals surface area contributed by atoms with Crippen LogP contribution in [-0.2, 0) is 13.1 Å². The van der Waals surface area contributed by atoms with Gasteiger partial charge in [-0.15, -0.1) is 0 Å². The second-order valence-electron chi connectivity index (χ2n) is 5.20. The van der Waals surface area contributed by atoms with E-state index in [1.54, 1.807) is 6.07 Å². The first-order valence-electron chi connectivity index (χ1n) is 7.59. The van der Waals surface area contributed by atoms with Crippen molar-refractivity contribution in [1.29, 1.82) is 0 Å². The maximum Gasteiger partial charge on any atom is 0.273 e. The van der Waals surface area contributed by atoms with Gasteiger partial charge in [0, 0.05) is 24.4 Å². The van der Waals surface area contributed by atoms with E-state index in [1.807, 2.05) is 47.3 Å². The van der Waals surface area contributed by atoms with Crippen LogP contribution < -0.4 is 5.32 Å². The van der Waals surface area contributed by atoms with Gasteiger partial charge < -0.3 is 9.84 Å². The predicted octanol–water partition coefficient (Wildman–Crippen LogP) is 2.88. The number of nitrogens with one attached hydrogen (secondary N) is 1. The van der Waals surface area contributed by atoms with Crippen LogP contribution in [-0.4, -0.2) is 20.8 Å². The normalized spacial score (nSPS) is 10.7. The molecule has 0 saturated heterocycles. The summed E-state index contributed by atoms with van der Waals surface area (Å²) >= 11 is 0. The Hall–Kier alpha value is -2.89. The van der Waals surface area contributed by atoms with Gasteiger partial charge in [-0.3, -0.25) is 9.48 Å². The van der Waals surface area contributed by atoms with Gasteiger partial charge in [0.15, 0.2) is 11.5 Å². The van der Waals surface area contributed by atoms with Crippen molar-refractivity contribution in [3.63, 3.8) is 0 Å². The highest BCUT2D eigenvalue weighted by molar-refractivity contribution is 5.93. The molecule has 0 bridgehead atoms. The SMILES string of the molecule is CCCn1ccc(CNC(=O)c2cc(-c3ccccc3)on2)n1. The Kier molecular flexibility index (Phi) is 4.52. The molecule has 0 unspecified atom stereocenters. The van der Waals surface area contributed by atoms with E-state index in [0.29, 0.717) is 12.3 Å². The molecule has 0 atom stereocenters. The van der Waals surface area contributed by atoms with E-state index in [-0.39, 0.29) is 11.6 Å². The molecule has 0 aliphatic carbocycles. The lowest BCUT2D eigenvalue weighted by atomic mass is 10.1. The molecule has 0 saturated carbocycles. The summed E-state index contributed by atoms with van der Waals surface area (Å²) in [7, 11) is 0. The molecule has 0 fully saturated rings. The molecule has 118 valence electrons. The fourth-order valence-electron chi connectivity index (χ4n) is 2.23. The monoisotopic (exact) mass is 310 g/mol. The summed E-state index contributed by atoms with van der Waals surface area (Å²) in [4.78, 5) is 12.1. The van der Waals surface area contributed by atoms with Crippen molar-refractivity contribution in [3.8, 4) is 11.3 Å². The quantitative estimate of drug-likeness (QED) is 0.760. The zero-order valence-corrected chi connectivity index (χ0v) is 12.9. The Balaban J connectivity index is 1.61. The standard InChI is InChI=1S/C17H18N4O2/c1-2-9-21-10-8-14(19-21)12-18-17(22)15-11-16(23-20-15)13-6-4-3-5-7-13/h3-8,10-11H,2,9,12H2,1H3,(H,18,22). The lowest BCUT2D eigenvalue weighted by Gasteiger charge is -2.00. The zero-order chi connectivity index (χ0) is 16.1. The van der Waals surface area contributed by atoms with E-state index in [1.165, 1.54) is 0 Å². The van der Waals surface area contributed by atoms with Crippen molar-refractivity contribution in [2.24, 2.45) is 0 Å². The number of benzene rings is 1. The summed E-state index contributed by atoms with van der Waals surface area (Å²) in [6, 6.07) is 13.1. The fourth-order valence-corrected chi connectivity index (χ4v) is 2.23. The van der Waals surface area contributed by atoms with Crippen molar-refractivity contribution in [3.05, 3.63) is 60.0 Å². The third-order valence-electron chi connectivity index (χ3n) is 3.38. The van der Waals surface area contributed by atoms with Gasteiger partial charge in [-0.25, -0.2) is 0 Å². The van der Waals surface area contributed by atoms with E-state index in [4.69, 9.17) is 4.52 Å². The van der Waals surface area contributed by atoms with Gasteiger partial charge in [0.05, 0.1) is 12.2 Å². The first-order chi connectivity index (χ1) is 11.3. The lowest BCUT2D eigenvalue weighted by molar-refractivity contribution is 0.0941. The van der Waals surface area contributed by atoms with Crippen molar-refractivity contribution < 1.29 is 9.32 Å². The Morgan fingerprint density at radius 2 is 2.09 bits per heavy atom. The smallest absolute Gasteiger partial charge is 0.273 e. The largest absolute Gasteiger partial charge is 0.355 e. The Morgan fingerprint density at radius 3 is 2.87 bits per heavy atom. The molecule has 1 amide bonds. The molecule has 0 radical (unpaired) electrons. The van der Waals surface area contributed by atoms with Gasteiger partial charge in [-0.1, -0.05) is 42.4 Å². The summed E-state index contributed by atoms with van der Waals surface area (Å²) in [5.74, 6) is 0.295. The van der Waals surface area contributed by atoms with Crippen LogP contribution >= 0.6 is 0 Å². The first kappa shape index (κ1) is 15.0. The van der Waals surface area contributed by atoms with Crippen LogP contribution in [0.15, 0.2) is 53.2 Å². The highest BCUT2D eigenvalue weighted by Crippen LogP contribution is 2.19. The minimum absolute atomic E-state index is 0.261. The topological polar surface area (TPSA) is 73.0 Å². The summed E-state index contributed by atoms with van der Waals surface area (Å²) in [5.41, 5.74) is 1.97. The van der Waals surface area contributed by atoms with E-state index in [2.05, 4.69) is 22.5 Å². The number of carbonyl (C=O) groups excluding carboxylic acids is 1. The molecule has 0 aliphatic heterocycles. The van der Waals surface area contributed by atoms with Crippen LogP contribution in [0.2, 0.25) is 0 Å². The van der Waals surface area contributed by atoms with E-state index >= 15 is 0 Å². The summed E-state index contributed by atoms with van der Waals surface area (Å²) in [5, 5.41) is 11.0. The molecule has 1 N–H and O–H groups in total. The van der Waals surface area contributed by atoms with Crippen molar-refractivity contribution in [1.82, 2.24) is 20.3 Å². The fraction of sp³-hybridized carbons (Fsp3) is 0.235. The molecule has 2 aromatic heterocycles. The van der Waals surface area contributed by atoms with Crippen LogP contribution in [0.5, 0.6) is 0 Å². The molecule has 0 aliphatic rings. The Labute approximate surface area is 134 Å². The second kappa shape index (κ2) is 6.91. The molecule has 6 nitrogen and oxygen atoms in total. The minimum atomic E-state index is -0.277. The maximum absolute atomic E-state index is 12.1. The third-order valence-corrected chi connectivity index (χ3v) is 3.38. The van der Waals surface area contributed by atoms with Crippen molar-refractivity contribution >= 4 is 5.91 Å². The molecular weight excluding hydrogens is 292 g/mol. The van der Waals surface area contributed by atoms with Gasteiger partial charge in [-0.05, 0) is 12.5 Å². The highest BCUT2D eigenvalue weighted by Gasteiger charge is 2.13. The van der Waals surface area contributed by atoms with Crippen LogP contribution in [0.3, 0.4) is 0 Å². The van der Waals surface area contributed by atoms with Gasteiger partial charge in [0.2, 0.25) is 0 Å². The van der Waals surface area contributed by atoms with Gasteiger partial charge >= 0.3 is 0 Å². The zero-order valence-electron chi connectivity index (χ0n) is 12.9. The predicted molar refractivity (Wildman–Crippen MR) is 85.6 cm³/mol. The number of carbonyl (C=O) groups is 1. The Morgan fingerprint density at radius 1 is 1.26 bits per heavy atom. The molecule has 2 heterocycles. The molecule has 1 aromatic carbocycles. The van der Waals surface area contributed by atoms with Crippen molar-refractivity contribution in [2.45, 2.75) is 26.4 Å². The van der Waals surface area contributed by atoms with Crippen LogP contribution in [0.25, 0.3) is 11.3 Å². The maximum atomic E-state index is 12.1.